The maximum Gasteiger partial charge on any atom is 0.327 e. The summed E-state index contributed by atoms with van der Waals surface area (Å²) >= 11 is 0. The number of esters is 1. The third-order valence-electron chi connectivity index (χ3n) is 4.61. The molecule has 2 atom stereocenters. The number of nitrogens with zero attached hydrogens (tertiary/aromatic N) is 1. The Labute approximate surface area is 122 Å². The van der Waals surface area contributed by atoms with Crippen LogP contribution in [0, 0.1) is 5.92 Å². The lowest BCUT2D eigenvalue weighted by molar-refractivity contribution is -0.151. The van der Waals surface area contributed by atoms with Crippen LogP contribution in [0.3, 0.4) is 0 Å². The molecule has 0 bridgehead atoms. The van der Waals surface area contributed by atoms with Gasteiger partial charge in [0.2, 0.25) is 0 Å². The molecule has 5 nitrogen and oxygen atoms in total. The minimum absolute atomic E-state index is 0.124. The highest BCUT2D eigenvalue weighted by molar-refractivity contribution is 5.82. The van der Waals surface area contributed by atoms with E-state index < -0.39 is 5.54 Å². The number of hydrogen-bond donors (Lipinski definition) is 1. The molecule has 2 rings (SSSR count). The van der Waals surface area contributed by atoms with Crippen LogP contribution in [0.5, 0.6) is 0 Å². The molecule has 0 aromatic heterocycles. The number of methoxy groups -OCH3 is 1. The van der Waals surface area contributed by atoms with Crippen LogP contribution in [0.15, 0.2) is 0 Å². The molecule has 2 aliphatic rings. The number of rotatable bonds is 7. The van der Waals surface area contributed by atoms with E-state index in [2.05, 4.69) is 10.2 Å². The number of ether oxygens (including phenoxy) is 2. The van der Waals surface area contributed by atoms with E-state index in [4.69, 9.17) is 9.47 Å². The molecule has 0 aromatic rings. The first kappa shape index (κ1) is 15.7. The van der Waals surface area contributed by atoms with Gasteiger partial charge in [-0.3, -0.25) is 4.90 Å². The van der Waals surface area contributed by atoms with Crippen molar-refractivity contribution in [3.63, 3.8) is 0 Å². The molecule has 2 unspecified atom stereocenters. The van der Waals surface area contributed by atoms with Crippen LogP contribution in [-0.2, 0) is 14.3 Å². The summed E-state index contributed by atoms with van der Waals surface area (Å²) in [4.78, 5) is 14.6. The van der Waals surface area contributed by atoms with Crippen LogP contribution < -0.4 is 5.32 Å². The van der Waals surface area contributed by atoms with Gasteiger partial charge in [0.25, 0.3) is 0 Å². The molecule has 0 radical (unpaired) electrons. The Morgan fingerprint density at radius 3 is 2.70 bits per heavy atom. The molecule has 0 amide bonds. The van der Waals surface area contributed by atoms with E-state index in [-0.39, 0.29) is 5.97 Å². The molecule has 0 aromatic carbocycles. The van der Waals surface area contributed by atoms with Crippen LogP contribution in [0.1, 0.15) is 32.6 Å². The van der Waals surface area contributed by atoms with Gasteiger partial charge in [0.05, 0.1) is 13.2 Å². The number of piperidine rings is 1. The molecular weight excluding hydrogens is 256 g/mol. The van der Waals surface area contributed by atoms with Crippen molar-refractivity contribution in [3.8, 4) is 0 Å². The third kappa shape index (κ3) is 3.32. The van der Waals surface area contributed by atoms with Crippen LogP contribution in [0.2, 0.25) is 0 Å². The fraction of sp³-hybridized carbons (Fsp3) is 0.933. The number of hydrogen-bond acceptors (Lipinski definition) is 5. The summed E-state index contributed by atoms with van der Waals surface area (Å²) in [7, 11) is 3.36. The summed E-state index contributed by atoms with van der Waals surface area (Å²) in [5, 5.41) is 3.27. The predicted octanol–water partition coefficient (Wildman–Crippen LogP) is 1.03. The Balaban J connectivity index is 2.02. The van der Waals surface area contributed by atoms with Crippen molar-refractivity contribution in [1.82, 2.24) is 10.2 Å². The van der Waals surface area contributed by atoms with Crippen LogP contribution in [0.25, 0.3) is 0 Å². The highest BCUT2D eigenvalue weighted by atomic mass is 16.5. The van der Waals surface area contributed by atoms with Crippen molar-refractivity contribution >= 4 is 5.97 Å². The summed E-state index contributed by atoms with van der Waals surface area (Å²) in [6.45, 7) is 5.48. The summed E-state index contributed by atoms with van der Waals surface area (Å²) < 4.78 is 10.8. The van der Waals surface area contributed by atoms with Crippen LogP contribution >= 0.6 is 0 Å². The molecule has 2 fully saturated rings. The topological polar surface area (TPSA) is 50.8 Å². The predicted molar refractivity (Wildman–Crippen MR) is 77.6 cm³/mol. The summed E-state index contributed by atoms with van der Waals surface area (Å²) in [5.74, 6) is 0.286. The number of likely N-dealkylation sites (tertiary alicyclic amines) is 1. The fourth-order valence-corrected chi connectivity index (χ4v) is 3.38. The Morgan fingerprint density at radius 2 is 2.15 bits per heavy atom. The van der Waals surface area contributed by atoms with Crippen molar-refractivity contribution in [2.24, 2.45) is 5.92 Å². The number of carbonyl (C=O) groups is 1. The van der Waals surface area contributed by atoms with Gasteiger partial charge < -0.3 is 14.8 Å². The van der Waals surface area contributed by atoms with Gasteiger partial charge in [-0.05, 0) is 52.1 Å². The van der Waals surface area contributed by atoms with E-state index in [1.807, 2.05) is 14.0 Å². The fourth-order valence-electron chi connectivity index (χ4n) is 3.38. The van der Waals surface area contributed by atoms with Gasteiger partial charge in [0.15, 0.2) is 0 Å². The monoisotopic (exact) mass is 284 g/mol. The second-order valence-electron chi connectivity index (χ2n) is 5.94. The number of carbonyl (C=O) groups excluding carboxylic acids is 1. The summed E-state index contributed by atoms with van der Waals surface area (Å²) in [5.41, 5.74) is -0.539. The van der Waals surface area contributed by atoms with Gasteiger partial charge >= 0.3 is 5.97 Å². The molecular formula is C15H28N2O3. The number of nitrogens with one attached hydrogen (secondary N) is 1. The van der Waals surface area contributed by atoms with Gasteiger partial charge in [-0.1, -0.05) is 0 Å². The Morgan fingerprint density at radius 1 is 1.40 bits per heavy atom. The van der Waals surface area contributed by atoms with Crippen molar-refractivity contribution in [2.75, 3.05) is 40.4 Å². The lowest BCUT2D eigenvalue weighted by Gasteiger charge is -2.39. The second kappa shape index (κ2) is 6.87. The van der Waals surface area contributed by atoms with E-state index >= 15 is 0 Å². The number of likely N-dealkylation sites (N-methyl/N-ethyl adjacent to an activating group) is 1. The van der Waals surface area contributed by atoms with Crippen molar-refractivity contribution in [3.05, 3.63) is 0 Å². The van der Waals surface area contributed by atoms with E-state index in [0.29, 0.717) is 12.0 Å². The normalized spacial score (nSPS) is 27.1. The molecule has 1 heterocycles. The summed E-state index contributed by atoms with van der Waals surface area (Å²) in [6.07, 6.45) is 4.78. The standard InChI is InChI=1S/C15H28N2O3/c1-4-20-13-6-5-9-17(10-13)11-15(16-2,12-7-8-12)14(18)19-3/h12-13,16H,4-11H2,1-3H3. The Kier molecular flexibility index (Phi) is 5.41. The van der Waals surface area contributed by atoms with E-state index in [1.54, 1.807) is 0 Å². The molecule has 1 aliphatic heterocycles. The molecule has 5 heteroatoms. The molecule has 1 aliphatic carbocycles. The van der Waals surface area contributed by atoms with Crippen LogP contribution in [0.4, 0.5) is 0 Å². The quantitative estimate of drug-likeness (QED) is 0.708. The second-order valence-corrected chi connectivity index (χ2v) is 5.94. The molecule has 1 N–H and O–H groups in total. The van der Waals surface area contributed by atoms with Gasteiger partial charge in [0.1, 0.15) is 5.54 Å². The van der Waals surface area contributed by atoms with Gasteiger partial charge in [-0.15, -0.1) is 0 Å². The maximum atomic E-state index is 12.3. The summed E-state index contributed by atoms with van der Waals surface area (Å²) in [6, 6.07) is 0. The van der Waals surface area contributed by atoms with Crippen molar-refractivity contribution in [1.29, 1.82) is 0 Å². The zero-order chi connectivity index (χ0) is 14.6. The molecule has 0 spiro atoms. The minimum Gasteiger partial charge on any atom is -0.468 e. The van der Waals surface area contributed by atoms with E-state index in [9.17, 15) is 4.79 Å². The zero-order valence-corrected chi connectivity index (χ0v) is 13.0. The minimum atomic E-state index is -0.539. The van der Waals surface area contributed by atoms with Gasteiger partial charge in [-0.25, -0.2) is 4.79 Å². The first-order valence-corrected chi connectivity index (χ1v) is 7.77. The highest BCUT2D eigenvalue weighted by Crippen LogP contribution is 2.41. The molecule has 20 heavy (non-hydrogen) atoms. The highest BCUT2D eigenvalue weighted by Gasteiger charge is 2.52. The van der Waals surface area contributed by atoms with E-state index in [1.165, 1.54) is 7.11 Å². The van der Waals surface area contributed by atoms with Gasteiger partial charge in [-0.2, -0.15) is 0 Å². The Bertz CT molecular complexity index is 331. The molecule has 1 saturated heterocycles. The lowest BCUT2D eigenvalue weighted by Crippen LogP contribution is -2.61. The molecule has 116 valence electrons. The first-order valence-electron chi connectivity index (χ1n) is 7.77. The van der Waals surface area contributed by atoms with Crippen molar-refractivity contribution in [2.45, 2.75) is 44.2 Å². The van der Waals surface area contributed by atoms with Gasteiger partial charge in [0, 0.05) is 19.7 Å². The first-order chi connectivity index (χ1) is 9.66. The SMILES string of the molecule is CCOC1CCCN(CC(NC)(C(=O)OC)C2CC2)C1. The third-order valence-corrected chi connectivity index (χ3v) is 4.61. The smallest absolute Gasteiger partial charge is 0.327 e. The Hall–Kier alpha value is -0.650. The lowest BCUT2D eigenvalue weighted by atomic mass is 9.91. The average Bonchev–Trinajstić information content (AvgIpc) is 3.30. The maximum absolute atomic E-state index is 12.3. The zero-order valence-electron chi connectivity index (χ0n) is 13.0. The van der Waals surface area contributed by atoms with Crippen molar-refractivity contribution < 1.29 is 14.3 Å². The average molecular weight is 284 g/mol. The van der Waals surface area contributed by atoms with Crippen LogP contribution in [-0.4, -0.2) is 62.9 Å². The largest absolute Gasteiger partial charge is 0.468 e. The van der Waals surface area contributed by atoms with E-state index in [0.717, 1.165) is 51.9 Å². The molecule has 1 saturated carbocycles.